The third-order valence-corrected chi connectivity index (χ3v) is 4.39. The Kier molecular flexibility index (Phi) is 5.23. The number of anilines is 1. The third-order valence-electron chi connectivity index (χ3n) is 4.17. The highest BCUT2D eigenvalue weighted by molar-refractivity contribution is 7.80. The second kappa shape index (κ2) is 7.55. The monoisotopic (exact) mass is 329 g/mol. The van der Waals surface area contributed by atoms with Crippen LogP contribution in [0, 0.1) is 6.92 Å². The number of benzene rings is 1. The number of nitrogens with zero attached hydrogens (tertiary/aromatic N) is 3. The molecule has 1 aromatic carbocycles. The van der Waals surface area contributed by atoms with E-state index in [1.807, 2.05) is 4.68 Å². The van der Waals surface area contributed by atoms with Crippen molar-refractivity contribution < 1.29 is 0 Å². The molecule has 23 heavy (non-hydrogen) atoms. The summed E-state index contributed by atoms with van der Waals surface area (Å²) >= 11 is 5.36. The molecule has 2 N–H and O–H groups in total. The molecule has 3 rings (SSSR count). The number of nitrogens with one attached hydrogen (secondary N) is 2. The van der Waals surface area contributed by atoms with Gasteiger partial charge >= 0.3 is 0 Å². The molecule has 1 aliphatic carbocycles. The predicted octanol–water partition coefficient (Wildman–Crippen LogP) is 3.25. The minimum absolute atomic E-state index is 0.485. The van der Waals surface area contributed by atoms with E-state index in [4.69, 9.17) is 12.2 Å². The van der Waals surface area contributed by atoms with Crippen LogP contribution in [-0.4, -0.2) is 25.9 Å². The van der Waals surface area contributed by atoms with Gasteiger partial charge in [0.2, 0.25) is 5.95 Å². The van der Waals surface area contributed by atoms with Crippen molar-refractivity contribution in [2.45, 2.75) is 51.6 Å². The predicted molar refractivity (Wildman–Crippen MR) is 96.5 cm³/mol. The number of hydrogen-bond donors (Lipinski definition) is 2. The SMILES string of the molecule is Cc1ccc(Cn2cnc(NC(=S)NC3CCCCC3)n2)cc1. The van der Waals surface area contributed by atoms with Gasteiger partial charge in [-0.2, -0.15) is 0 Å². The maximum Gasteiger partial charge on any atom is 0.248 e. The quantitative estimate of drug-likeness (QED) is 0.843. The lowest BCUT2D eigenvalue weighted by atomic mass is 9.96. The molecule has 2 aromatic rings. The minimum atomic E-state index is 0.485. The van der Waals surface area contributed by atoms with Crippen molar-refractivity contribution in [1.82, 2.24) is 20.1 Å². The molecule has 0 spiro atoms. The van der Waals surface area contributed by atoms with E-state index < -0.39 is 0 Å². The molecule has 0 aliphatic heterocycles. The molecule has 0 bridgehead atoms. The van der Waals surface area contributed by atoms with Crippen LogP contribution in [0.2, 0.25) is 0 Å². The summed E-state index contributed by atoms with van der Waals surface area (Å²) in [6, 6.07) is 8.92. The summed E-state index contributed by atoms with van der Waals surface area (Å²) in [7, 11) is 0. The van der Waals surface area contributed by atoms with Crippen molar-refractivity contribution in [2.24, 2.45) is 0 Å². The topological polar surface area (TPSA) is 54.8 Å². The van der Waals surface area contributed by atoms with Crippen molar-refractivity contribution in [1.29, 1.82) is 0 Å². The lowest BCUT2D eigenvalue weighted by Gasteiger charge is -2.23. The van der Waals surface area contributed by atoms with E-state index >= 15 is 0 Å². The standard InChI is InChI=1S/C17H23N5S/c1-13-7-9-14(10-8-13)11-22-12-18-16(21-22)20-17(23)19-15-5-3-2-4-6-15/h7-10,12,15H,2-6,11H2,1H3,(H2,19,20,21,23). The highest BCUT2D eigenvalue weighted by Gasteiger charge is 2.14. The van der Waals surface area contributed by atoms with Gasteiger partial charge in [0.25, 0.3) is 0 Å². The van der Waals surface area contributed by atoms with Crippen molar-refractivity contribution in [3.05, 3.63) is 41.7 Å². The molecular weight excluding hydrogens is 306 g/mol. The van der Waals surface area contributed by atoms with Crippen LogP contribution in [0.5, 0.6) is 0 Å². The van der Waals surface area contributed by atoms with Crippen LogP contribution in [0.25, 0.3) is 0 Å². The highest BCUT2D eigenvalue weighted by atomic mass is 32.1. The van der Waals surface area contributed by atoms with Crippen molar-refractivity contribution in [3.8, 4) is 0 Å². The summed E-state index contributed by atoms with van der Waals surface area (Å²) in [5, 5.41) is 11.5. The average molecular weight is 329 g/mol. The fourth-order valence-corrected chi connectivity index (χ4v) is 3.14. The lowest BCUT2D eigenvalue weighted by Crippen LogP contribution is -2.39. The van der Waals surface area contributed by atoms with Crippen molar-refractivity contribution >= 4 is 23.3 Å². The molecule has 1 heterocycles. The molecule has 0 radical (unpaired) electrons. The van der Waals surface area contributed by atoms with Gasteiger partial charge in [0.15, 0.2) is 5.11 Å². The Labute approximate surface area is 142 Å². The van der Waals surface area contributed by atoms with Gasteiger partial charge in [-0.3, -0.25) is 5.32 Å². The molecule has 122 valence electrons. The van der Waals surface area contributed by atoms with Crippen LogP contribution in [0.1, 0.15) is 43.2 Å². The maximum absolute atomic E-state index is 5.36. The molecule has 0 saturated heterocycles. The van der Waals surface area contributed by atoms with E-state index in [1.54, 1.807) is 6.33 Å². The zero-order chi connectivity index (χ0) is 16.1. The molecule has 1 saturated carbocycles. The largest absolute Gasteiger partial charge is 0.360 e. The molecule has 0 atom stereocenters. The van der Waals surface area contributed by atoms with Gasteiger partial charge in [0.1, 0.15) is 6.33 Å². The highest BCUT2D eigenvalue weighted by Crippen LogP contribution is 2.17. The normalized spacial score (nSPS) is 15.3. The molecule has 1 aliphatic rings. The first-order valence-corrected chi connectivity index (χ1v) is 8.62. The molecule has 0 amide bonds. The third kappa shape index (κ3) is 4.76. The number of hydrogen-bond acceptors (Lipinski definition) is 3. The first kappa shape index (κ1) is 15.9. The van der Waals surface area contributed by atoms with Crippen LogP contribution in [0.4, 0.5) is 5.95 Å². The second-order valence-electron chi connectivity index (χ2n) is 6.18. The first-order valence-electron chi connectivity index (χ1n) is 8.21. The Hall–Kier alpha value is -1.95. The summed E-state index contributed by atoms with van der Waals surface area (Å²) in [6.07, 6.45) is 8.01. The molecular formula is C17H23N5S. The van der Waals surface area contributed by atoms with E-state index in [1.165, 1.54) is 43.2 Å². The van der Waals surface area contributed by atoms with E-state index in [0.717, 1.165) is 0 Å². The molecule has 1 aromatic heterocycles. The van der Waals surface area contributed by atoms with Crippen LogP contribution in [0.3, 0.4) is 0 Å². The van der Waals surface area contributed by atoms with Gasteiger partial charge in [0, 0.05) is 6.04 Å². The number of aromatic nitrogens is 3. The van der Waals surface area contributed by atoms with Crippen LogP contribution in [-0.2, 0) is 6.54 Å². The van der Waals surface area contributed by atoms with Crippen LogP contribution >= 0.6 is 12.2 Å². The lowest BCUT2D eigenvalue weighted by molar-refractivity contribution is 0.414. The van der Waals surface area contributed by atoms with Gasteiger partial charge in [-0.15, -0.1) is 5.10 Å². The Morgan fingerprint density at radius 2 is 1.96 bits per heavy atom. The summed E-state index contributed by atoms with van der Waals surface area (Å²) in [5.74, 6) is 0.547. The Bertz CT molecular complexity index is 643. The summed E-state index contributed by atoms with van der Waals surface area (Å²) in [4.78, 5) is 4.28. The van der Waals surface area contributed by atoms with Crippen LogP contribution in [0.15, 0.2) is 30.6 Å². The Morgan fingerprint density at radius 3 is 2.70 bits per heavy atom. The first-order chi connectivity index (χ1) is 11.2. The average Bonchev–Trinajstić information content (AvgIpc) is 2.97. The number of thiocarbonyl (C=S) groups is 1. The molecule has 1 fully saturated rings. The van der Waals surface area contributed by atoms with E-state index in [0.29, 0.717) is 23.6 Å². The summed E-state index contributed by atoms with van der Waals surface area (Å²) < 4.78 is 1.82. The zero-order valence-corrected chi connectivity index (χ0v) is 14.3. The van der Waals surface area contributed by atoms with Gasteiger partial charge < -0.3 is 5.32 Å². The smallest absolute Gasteiger partial charge is 0.248 e. The fraction of sp³-hybridized carbons (Fsp3) is 0.471. The number of rotatable bonds is 4. The summed E-state index contributed by atoms with van der Waals surface area (Å²) in [6.45, 7) is 2.79. The van der Waals surface area contributed by atoms with Gasteiger partial charge in [0.05, 0.1) is 6.54 Å². The zero-order valence-electron chi connectivity index (χ0n) is 13.5. The minimum Gasteiger partial charge on any atom is -0.360 e. The van der Waals surface area contributed by atoms with Gasteiger partial charge in [-0.05, 0) is 37.5 Å². The second-order valence-corrected chi connectivity index (χ2v) is 6.59. The fourth-order valence-electron chi connectivity index (χ4n) is 2.88. The van der Waals surface area contributed by atoms with E-state index in [2.05, 4.69) is 51.9 Å². The molecule has 5 nitrogen and oxygen atoms in total. The Morgan fingerprint density at radius 1 is 1.22 bits per heavy atom. The van der Waals surface area contributed by atoms with Gasteiger partial charge in [-0.1, -0.05) is 49.1 Å². The molecule has 6 heteroatoms. The maximum atomic E-state index is 5.36. The molecule has 0 unspecified atom stereocenters. The number of aryl methyl sites for hydroxylation is 1. The summed E-state index contributed by atoms with van der Waals surface area (Å²) in [5.41, 5.74) is 2.46. The van der Waals surface area contributed by atoms with Gasteiger partial charge in [-0.25, -0.2) is 9.67 Å². The van der Waals surface area contributed by atoms with E-state index in [9.17, 15) is 0 Å². The van der Waals surface area contributed by atoms with Crippen molar-refractivity contribution in [3.63, 3.8) is 0 Å². The Balaban J connectivity index is 1.52. The van der Waals surface area contributed by atoms with Crippen molar-refractivity contribution in [2.75, 3.05) is 5.32 Å². The van der Waals surface area contributed by atoms with Crippen LogP contribution < -0.4 is 10.6 Å². The van der Waals surface area contributed by atoms with E-state index in [-0.39, 0.29) is 0 Å².